The first-order valence-electron chi connectivity index (χ1n) is 27.7. The van der Waals surface area contributed by atoms with Gasteiger partial charge in [-0.15, -0.1) is 11.3 Å². The summed E-state index contributed by atoms with van der Waals surface area (Å²) in [6, 6.07) is 36.1. The van der Waals surface area contributed by atoms with Crippen molar-refractivity contribution in [1.82, 2.24) is 15.0 Å². The highest BCUT2D eigenvalue weighted by molar-refractivity contribution is 7.93. The number of methoxy groups -OCH3 is 2. The molecule has 2 aliphatic carbocycles. The van der Waals surface area contributed by atoms with Gasteiger partial charge in [0.15, 0.2) is 17.9 Å². The van der Waals surface area contributed by atoms with Crippen LogP contribution in [0.4, 0.5) is 8.78 Å². The van der Waals surface area contributed by atoms with Crippen molar-refractivity contribution in [2.24, 2.45) is 0 Å². The molecule has 0 N–H and O–H groups in total. The number of pyridine rings is 2. The standard InChI is InChI=1S/C29H30FNO4.C19H14FNO.C17H21NO6S2/c1-29(2)34-21(16-22(35-29)17-26(32)33-3)14-15-24-27(18-10-12-20(30)13-11-18)23-6-4-5-7-25(23)31-28(24)19-8-9-19;20-14-9-7-12(8-10-14)18-15-3-1-2-4-17(15)21-19(13-5-6-13)16(18)11-22;1-17(2)23-11(9-15(19)22-3)8-12(24-17)10-26(20,21)16-18-13-6-4-5-7-14(13)25-16/h4-7,10-15,19,21-22H,8-9,16-17H2,1-3H3;1-4,7-11,13H,5-6H2;4-7,11-12H,8-10H2,1-3H3/b15-14+;;/t21-,22-;;11-,12+/m1.1/s1. The third kappa shape index (κ3) is 14.4. The van der Waals surface area contributed by atoms with E-state index in [4.69, 9.17) is 33.7 Å². The molecule has 2 saturated heterocycles. The van der Waals surface area contributed by atoms with Crippen LogP contribution in [0.25, 0.3) is 60.4 Å². The average Bonchev–Trinajstić information content (AvgIpc) is 3.88. The van der Waals surface area contributed by atoms with Gasteiger partial charge in [0, 0.05) is 57.7 Å². The quantitative estimate of drug-likeness (QED) is 0.0741. The average molecular weight is 1170 g/mol. The Morgan fingerprint density at radius 1 is 0.602 bits per heavy atom. The number of hydrogen-bond acceptors (Lipinski definition) is 15. The second-order valence-corrected chi connectivity index (χ2v) is 25.3. The molecule has 4 aliphatic rings. The third-order valence-corrected chi connectivity index (χ3v) is 18.0. The summed E-state index contributed by atoms with van der Waals surface area (Å²) in [5.41, 5.74) is 9.82. The lowest BCUT2D eigenvalue weighted by molar-refractivity contribution is -0.295. The smallest absolute Gasteiger partial charge is 0.308 e. The number of benzene rings is 5. The maximum atomic E-state index is 13.8. The highest BCUT2D eigenvalue weighted by Gasteiger charge is 2.40. The molecular weight excluding hydrogens is 1100 g/mol. The van der Waals surface area contributed by atoms with Crippen LogP contribution in [0.2, 0.25) is 0 Å². The largest absolute Gasteiger partial charge is 0.469 e. The van der Waals surface area contributed by atoms with Crippen molar-refractivity contribution in [3.8, 4) is 22.3 Å². The molecule has 4 fully saturated rings. The van der Waals surface area contributed by atoms with Gasteiger partial charge in [-0.25, -0.2) is 22.2 Å². The van der Waals surface area contributed by atoms with Crippen molar-refractivity contribution in [2.45, 2.75) is 131 Å². The Labute approximate surface area is 485 Å². The number of esters is 2. The molecule has 3 aromatic heterocycles. The fourth-order valence-corrected chi connectivity index (χ4v) is 13.6. The zero-order valence-electron chi connectivity index (χ0n) is 47.0. The summed E-state index contributed by atoms with van der Waals surface area (Å²) in [4.78, 5) is 49.1. The van der Waals surface area contributed by atoms with E-state index in [9.17, 15) is 31.6 Å². The van der Waals surface area contributed by atoms with Crippen LogP contribution in [0, 0.1) is 11.6 Å². The Balaban J connectivity index is 0.000000143. The van der Waals surface area contributed by atoms with Crippen molar-refractivity contribution in [1.29, 1.82) is 0 Å². The third-order valence-electron chi connectivity index (χ3n) is 14.7. The maximum absolute atomic E-state index is 13.8. The summed E-state index contributed by atoms with van der Waals surface area (Å²) in [6.45, 7) is 7.12. The maximum Gasteiger partial charge on any atom is 0.308 e. The lowest BCUT2D eigenvalue weighted by Crippen LogP contribution is -2.47. The molecule has 8 aromatic rings. The zero-order valence-corrected chi connectivity index (χ0v) is 48.6. The summed E-state index contributed by atoms with van der Waals surface area (Å²) in [6.07, 6.45) is 8.88. The molecule has 83 heavy (non-hydrogen) atoms. The Morgan fingerprint density at radius 2 is 1.06 bits per heavy atom. The summed E-state index contributed by atoms with van der Waals surface area (Å²) in [5.74, 6) is -2.47. The molecule has 0 radical (unpaired) electrons. The Morgan fingerprint density at radius 3 is 1.57 bits per heavy atom. The van der Waals surface area contributed by atoms with E-state index in [1.807, 2.05) is 92.7 Å². The van der Waals surface area contributed by atoms with E-state index in [0.717, 1.165) is 109 Å². The van der Waals surface area contributed by atoms with Crippen LogP contribution in [0.3, 0.4) is 0 Å². The molecule has 0 unspecified atom stereocenters. The lowest BCUT2D eigenvalue weighted by atomic mass is 9.92. The van der Waals surface area contributed by atoms with Crippen LogP contribution in [0.5, 0.6) is 0 Å². The molecule has 5 aromatic carbocycles. The number of carbonyl (C=O) groups excluding carboxylic acids is 3. The number of para-hydroxylation sites is 3. The molecular formula is C65H65F2N3O11S2. The minimum Gasteiger partial charge on any atom is -0.469 e. The van der Waals surface area contributed by atoms with Gasteiger partial charge in [0.2, 0.25) is 14.2 Å². The summed E-state index contributed by atoms with van der Waals surface area (Å²) < 4.78 is 86.6. The first-order valence-corrected chi connectivity index (χ1v) is 30.2. The van der Waals surface area contributed by atoms with Gasteiger partial charge < -0.3 is 28.4 Å². The van der Waals surface area contributed by atoms with Gasteiger partial charge in [0.25, 0.3) is 0 Å². The SMILES string of the molecule is COC(=O)C[C@H]1C[C@@H](/C=C/c2c(C3CC3)nc3ccccc3c2-c2ccc(F)cc2)OC(C)(C)O1.COC(=O)C[C@H]1C[C@@H](CS(=O)(=O)c2nc3ccccc3s2)OC(C)(C)O1.O=Cc1c(C2CC2)nc2ccccc2c1-c1ccc(F)cc1. The van der Waals surface area contributed by atoms with Gasteiger partial charge >= 0.3 is 11.9 Å². The topological polar surface area (TPSA) is 179 Å². The van der Waals surface area contributed by atoms with Crippen molar-refractivity contribution < 1.29 is 60.0 Å². The fourth-order valence-electron chi connectivity index (χ4n) is 10.9. The number of halogens is 2. The van der Waals surface area contributed by atoms with E-state index in [-0.39, 0.29) is 52.7 Å². The number of carbonyl (C=O) groups is 3. The van der Waals surface area contributed by atoms with Gasteiger partial charge in [-0.05, 0) is 113 Å². The van der Waals surface area contributed by atoms with E-state index in [0.29, 0.717) is 35.8 Å². The number of aldehydes is 1. The van der Waals surface area contributed by atoms with Gasteiger partial charge in [0.05, 0.1) is 89.9 Å². The molecule has 18 heteroatoms. The molecule has 4 atom stereocenters. The monoisotopic (exact) mass is 1170 g/mol. The van der Waals surface area contributed by atoms with Gasteiger partial charge in [0.1, 0.15) is 11.6 Å². The Hall–Kier alpha value is -7.19. The molecule has 12 rings (SSSR count). The number of thiazole rings is 1. The van der Waals surface area contributed by atoms with E-state index in [2.05, 4.69) is 21.9 Å². The lowest BCUT2D eigenvalue weighted by Gasteiger charge is -2.40. The van der Waals surface area contributed by atoms with E-state index in [1.165, 1.54) is 38.5 Å². The van der Waals surface area contributed by atoms with Crippen molar-refractivity contribution >= 4 is 77.5 Å². The first-order chi connectivity index (χ1) is 39.8. The molecule has 5 heterocycles. The summed E-state index contributed by atoms with van der Waals surface area (Å²) in [5, 5.41) is 1.96. The molecule has 2 aliphatic heterocycles. The van der Waals surface area contributed by atoms with Gasteiger partial charge in [-0.2, -0.15) is 0 Å². The number of rotatable bonds is 14. The van der Waals surface area contributed by atoms with E-state index < -0.39 is 39.6 Å². The van der Waals surface area contributed by atoms with Gasteiger partial charge in [-0.1, -0.05) is 84.9 Å². The minimum atomic E-state index is -3.62. The van der Waals surface area contributed by atoms with Crippen molar-refractivity contribution in [2.75, 3.05) is 20.0 Å². The van der Waals surface area contributed by atoms with Gasteiger partial charge in [-0.3, -0.25) is 24.4 Å². The predicted molar refractivity (Wildman–Crippen MR) is 314 cm³/mol. The van der Waals surface area contributed by atoms with Crippen LogP contribution >= 0.6 is 11.3 Å². The Kier molecular flexibility index (Phi) is 17.7. The zero-order chi connectivity index (χ0) is 58.6. The molecule has 432 valence electrons. The van der Waals surface area contributed by atoms with Crippen molar-refractivity contribution in [3.63, 3.8) is 0 Å². The number of aromatic nitrogens is 3. The number of fused-ring (bicyclic) bond motifs is 3. The van der Waals surface area contributed by atoms with E-state index >= 15 is 0 Å². The number of nitrogens with zero attached hydrogens (tertiary/aromatic N) is 3. The van der Waals surface area contributed by atoms with Crippen LogP contribution in [-0.4, -0.2) is 97.6 Å². The predicted octanol–water partition coefficient (Wildman–Crippen LogP) is 13.7. The fraction of sp³-hybridized carbons (Fsp3) is 0.354. The molecule has 0 amide bonds. The second kappa shape index (κ2) is 24.9. The van der Waals surface area contributed by atoms with Crippen LogP contribution in [0.15, 0.2) is 132 Å². The molecule has 14 nitrogen and oxygen atoms in total. The highest BCUT2D eigenvalue weighted by Crippen LogP contribution is 2.47. The minimum absolute atomic E-state index is 0.0565. The van der Waals surface area contributed by atoms with Crippen LogP contribution < -0.4 is 0 Å². The summed E-state index contributed by atoms with van der Waals surface area (Å²) in [7, 11) is -0.929. The second-order valence-electron chi connectivity index (χ2n) is 22.1. The Bertz CT molecular complexity index is 3790. The van der Waals surface area contributed by atoms with Crippen LogP contribution in [-0.2, 0) is 47.8 Å². The van der Waals surface area contributed by atoms with Crippen molar-refractivity contribution in [3.05, 3.63) is 162 Å². The number of hydrogen-bond donors (Lipinski definition) is 0. The molecule has 0 bridgehead atoms. The number of sulfone groups is 1. The normalized spacial score (nSPS) is 20.2. The first kappa shape index (κ1) is 59.0. The van der Waals surface area contributed by atoms with Crippen LogP contribution in [0.1, 0.15) is 118 Å². The highest BCUT2D eigenvalue weighted by atomic mass is 32.2. The van der Waals surface area contributed by atoms with E-state index in [1.54, 1.807) is 32.0 Å². The number of ether oxygens (including phenoxy) is 6. The molecule has 2 saturated carbocycles. The summed E-state index contributed by atoms with van der Waals surface area (Å²) >= 11 is 1.15. The molecule has 0 spiro atoms.